The van der Waals surface area contributed by atoms with Gasteiger partial charge >= 0.3 is 37.7 Å². The largest absolute Gasteiger partial charge is 2.00 e. The quantitative estimate of drug-likeness (QED) is 0.0193. The van der Waals surface area contributed by atoms with Crippen molar-refractivity contribution >= 4 is 58.5 Å². The van der Waals surface area contributed by atoms with Crippen molar-refractivity contribution in [3.05, 3.63) is 24.3 Å². The second-order valence-corrected chi connectivity index (χ2v) is 23.9. The molecular weight excluding hydrogens is 977 g/mol. The van der Waals surface area contributed by atoms with Crippen LogP contribution in [-0.2, 0) is 29.2 Å². The maximum absolute atomic E-state index is 10.8. The Labute approximate surface area is 487 Å². The summed E-state index contributed by atoms with van der Waals surface area (Å²) in [5.74, 6) is 0.0387. The van der Waals surface area contributed by atoms with E-state index in [1.807, 2.05) is 0 Å². The third-order valence-electron chi connectivity index (χ3n) is 14.5. The van der Waals surface area contributed by atoms with E-state index in [0.29, 0.717) is 0 Å². The Kier molecular flexibility index (Phi) is 67.4. The van der Waals surface area contributed by atoms with Gasteiger partial charge in [0.1, 0.15) is 0 Å². The average Bonchev–Trinajstić information content (AvgIpc) is 3.35. The third kappa shape index (κ3) is 72.5. The predicted molar refractivity (Wildman–Crippen MR) is 316 cm³/mol. The summed E-state index contributed by atoms with van der Waals surface area (Å²) in [7, 11) is -9.21. The second-order valence-electron chi connectivity index (χ2n) is 21.8. The molecule has 0 aromatic heterocycles. The van der Waals surface area contributed by atoms with Gasteiger partial charge in [0.05, 0.1) is 13.2 Å². The number of allylic oxidation sites excluding steroid dienone is 2. The van der Waals surface area contributed by atoms with Gasteiger partial charge in [0.25, 0.3) is 0 Å². The zero-order valence-corrected chi connectivity index (χ0v) is 52.9. The van der Waals surface area contributed by atoms with Gasteiger partial charge in [0.2, 0.25) is 20.8 Å². The van der Waals surface area contributed by atoms with E-state index in [1.165, 1.54) is 270 Å². The minimum atomic E-state index is -4.61. The van der Waals surface area contributed by atoms with Crippen LogP contribution in [0, 0.1) is 11.8 Å². The van der Waals surface area contributed by atoms with E-state index in [1.54, 1.807) is 0 Å². The molecule has 2 unspecified atom stereocenters. The van der Waals surface area contributed by atoms with Crippen molar-refractivity contribution in [3.63, 3.8) is 0 Å². The molecule has 0 heterocycles. The molecular formula is C62H122CaO8S2. The van der Waals surface area contributed by atoms with Crippen LogP contribution in [0.25, 0.3) is 0 Å². The Morgan fingerprint density at radius 3 is 0.671 bits per heavy atom. The molecule has 0 radical (unpaired) electrons. The molecule has 8 nitrogen and oxygen atoms in total. The van der Waals surface area contributed by atoms with E-state index in [2.05, 4.69) is 60.4 Å². The number of hydrogen-bond acceptors (Lipinski definition) is 8. The summed E-state index contributed by atoms with van der Waals surface area (Å²) in [6, 6.07) is 0. The van der Waals surface area contributed by atoms with E-state index in [0.717, 1.165) is 51.4 Å². The standard InChI is InChI=1S/2C31H62O4S.Ca/c2*1-3-5-7-9-10-11-12-13-14-15-16-17-18-19-20-21-22-23-25-27-29-31(30-35-36(32,33)34)28-26-24-8-6-4-2;/h2*27,29,31H,3-26,28,30H2,1-2H3,(H,32,33,34);/q;;+2/p-2/b2*29-27+;. The molecule has 0 spiro atoms. The van der Waals surface area contributed by atoms with E-state index < -0.39 is 20.8 Å². The fourth-order valence-corrected chi connectivity index (χ4v) is 10.4. The maximum Gasteiger partial charge on any atom is 2.00 e. The van der Waals surface area contributed by atoms with E-state index in [9.17, 15) is 25.9 Å². The monoisotopic (exact) mass is 1100 g/mol. The molecule has 0 rings (SSSR count). The molecule has 0 aromatic rings. The minimum absolute atomic E-state index is 0. The van der Waals surface area contributed by atoms with Crippen molar-refractivity contribution in [2.45, 2.75) is 349 Å². The van der Waals surface area contributed by atoms with Crippen LogP contribution < -0.4 is 0 Å². The molecule has 73 heavy (non-hydrogen) atoms. The van der Waals surface area contributed by atoms with Crippen molar-refractivity contribution in [1.29, 1.82) is 0 Å². The summed E-state index contributed by atoms with van der Waals surface area (Å²) in [4.78, 5) is 0. The Hall–Kier alpha value is 0.480. The summed E-state index contributed by atoms with van der Waals surface area (Å²) in [5, 5.41) is 0. The first-order chi connectivity index (χ1) is 35.0. The van der Waals surface area contributed by atoms with Crippen molar-refractivity contribution in [3.8, 4) is 0 Å². The minimum Gasteiger partial charge on any atom is -0.726 e. The fourth-order valence-electron chi connectivity index (χ4n) is 9.74. The molecule has 0 saturated heterocycles. The van der Waals surface area contributed by atoms with Gasteiger partial charge in [-0.2, -0.15) is 0 Å². The van der Waals surface area contributed by atoms with Crippen LogP contribution >= 0.6 is 0 Å². The van der Waals surface area contributed by atoms with Gasteiger partial charge in [-0.15, -0.1) is 0 Å². The molecule has 0 aliphatic rings. The molecule has 11 heteroatoms. The summed E-state index contributed by atoms with van der Waals surface area (Å²) < 4.78 is 73.9. The molecule has 0 fully saturated rings. The van der Waals surface area contributed by atoms with Crippen LogP contribution in [0.15, 0.2) is 24.3 Å². The van der Waals surface area contributed by atoms with Gasteiger partial charge in [-0.25, -0.2) is 16.8 Å². The average molecular weight is 1100 g/mol. The van der Waals surface area contributed by atoms with Crippen LogP contribution in [0.5, 0.6) is 0 Å². The topological polar surface area (TPSA) is 133 Å². The molecule has 0 aromatic carbocycles. The van der Waals surface area contributed by atoms with Crippen LogP contribution in [-0.4, -0.2) is 76.9 Å². The van der Waals surface area contributed by atoms with Crippen molar-refractivity contribution < 1.29 is 34.3 Å². The molecule has 0 aliphatic carbocycles. The number of rotatable bonds is 58. The molecule has 0 aliphatic heterocycles. The van der Waals surface area contributed by atoms with Crippen LogP contribution in [0.2, 0.25) is 0 Å². The van der Waals surface area contributed by atoms with Crippen molar-refractivity contribution in [2.24, 2.45) is 11.8 Å². The first-order valence-electron chi connectivity index (χ1n) is 31.5. The Morgan fingerprint density at radius 2 is 0.479 bits per heavy atom. The van der Waals surface area contributed by atoms with Crippen LogP contribution in [0.3, 0.4) is 0 Å². The summed E-state index contributed by atoms with van der Waals surface area (Å²) in [5.41, 5.74) is 0. The fraction of sp³-hybridized carbons (Fsp3) is 0.935. The van der Waals surface area contributed by atoms with Gasteiger partial charge in [-0.3, -0.25) is 8.37 Å². The summed E-state index contributed by atoms with van der Waals surface area (Å²) in [6.07, 6.45) is 73.9. The van der Waals surface area contributed by atoms with Crippen molar-refractivity contribution in [1.82, 2.24) is 0 Å². The number of unbranched alkanes of at least 4 members (excludes halogenated alkanes) is 44. The van der Waals surface area contributed by atoms with E-state index in [4.69, 9.17) is 0 Å². The van der Waals surface area contributed by atoms with Crippen molar-refractivity contribution in [2.75, 3.05) is 13.2 Å². The third-order valence-corrected chi connectivity index (χ3v) is 15.3. The SMILES string of the molecule is CCCCCCCCCCCCCCCCCCCC/C=C/C(CCCCCCC)COS(=O)(=O)[O-].CCCCCCCCCCCCCCCCCCCC/C=C/C(CCCCCCC)COS(=O)(=O)[O-].[Ca+2]. The predicted octanol–water partition coefficient (Wildman–Crippen LogP) is 20.5. The Bertz CT molecular complexity index is 1230. The maximum atomic E-state index is 10.8. The van der Waals surface area contributed by atoms with Gasteiger partial charge in [0.15, 0.2) is 0 Å². The molecule has 0 amide bonds. The molecule has 0 N–H and O–H groups in total. The smallest absolute Gasteiger partial charge is 0.726 e. The zero-order valence-electron chi connectivity index (χ0n) is 49.0. The molecule has 432 valence electrons. The molecule has 2 atom stereocenters. The first kappa shape index (κ1) is 77.7. The van der Waals surface area contributed by atoms with E-state index in [-0.39, 0.29) is 62.8 Å². The van der Waals surface area contributed by atoms with Crippen LogP contribution in [0.1, 0.15) is 349 Å². The Balaban J connectivity index is -0.00000132. The summed E-state index contributed by atoms with van der Waals surface area (Å²) >= 11 is 0. The number of hydrogen-bond donors (Lipinski definition) is 0. The zero-order chi connectivity index (χ0) is 53.2. The van der Waals surface area contributed by atoms with Gasteiger partial charge < -0.3 is 9.11 Å². The van der Waals surface area contributed by atoms with Gasteiger partial charge in [0, 0.05) is 11.8 Å². The Morgan fingerprint density at radius 1 is 0.301 bits per heavy atom. The van der Waals surface area contributed by atoms with E-state index >= 15 is 0 Å². The van der Waals surface area contributed by atoms with Gasteiger partial charge in [-0.1, -0.05) is 335 Å². The first-order valence-corrected chi connectivity index (χ1v) is 34.2. The summed E-state index contributed by atoms with van der Waals surface area (Å²) in [6.45, 7) is 8.91. The van der Waals surface area contributed by atoms with Gasteiger partial charge in [-0.05, 0) is 38.5 Å². The second kappa shape index (κ2) is 63.3. The molecule has 0 bridgehead atoms. The molecule has 0 saturated carbocycles. The van der Waals surface area contributed by atoms with Crippen LogP contribution in [0.4, 0.5) is 0 Å². The normalized spacial score (nSPS) is 12.9.